The summed E-state index contributed by atoms with van der Waals surface area (Å²) < 4.78 is 26.4. The first-order valence-corrected chi connectivity index (χ1v) is 6.86. The second-order valence-corrected chi connectivity index (χ2v) is 5.73. The molecule has 1 N–H and O–H groups in total. The van der Waals surface area contributed by atoms with Crippen LogP contribution in [-0.2, 0) is 0 Å². The van der Waals surface area contributed by atoms with E-state index in [0.717, 1.165) is 25.0 Å². The Labute approximate surface area is 111 Å². The molecule has 2 atom stereocenters. The molecule has 2 nitrogen and oxygen atoms in total. The van der Waals surface area contributed by atoms with Crippen molar-refractivity contribution < 1.29 is 13.6 Å². The van der Waals surface area contributed by atoms with Crippen LogP contribution in [0.4, 0.5) is 8.78 Å². The van der Waals surface area contributed by atoms with E-state index in [9.17, 15) is 13.6 Å². The van der Waals surface area contributed by atoms with Gasteiger partial charge in [0.15, 0.2) is 5.78 Å². The molecule has 0 aromatic heterocycles. The van der Waals surface area contributed by atoms with Gasteiger partial charge >= 0.3 is 0 Å². The van der Waals surface area contributed by atoms with Crippen LogP contribution in [-0.4, -0.2) is 17.9 Å². The highest BCUT2D eigenvalue weighted by molar-refractivity contribution is 5.96. The molecule has 4 heteroatoms. The Kier molecular flexibility index (Phi) is 3.35. The predicted molar refractivity (Wildman–Crippen MR) is 68.0 cm³/mol. The topological polar surface area (TPSA) is 29.1 Å². The fourth-order valence-corrected chi connectivity index (χ4v) is 3.43. The summed E-state index contributed by atoms with van der Waals surface area (Å²) in [7, 11) is 0. The first kappa shape index (κ1) is 12.7. The van der Waals surface area contributed by atoms with E-state index < -0.39 is 11.6 Å². The minimum atomic E-state index is -0.748. The molecular weight excluding hydrogens is 248 g/mol. The number of rotatable bonds is 3. The van der Waals surface area contributed by atoms with Gasteiger partial charge in [-0.1, -0.05) is 0 Å². The van der Waals surface area contributed by atoms with Gasteiger partial charge in [-0.05, 0) is 43.7 Å². The molecule has 3 rings (SSSR count). The molecule has 1 aromatic carbocycles. The molecule has 2 aliphatic heterocycles. The summed E-state index contributed by atoms with van der Waals surface area (Å²) in [6.45, 7) is 0. The van der Waals surface area contributed by atoms with Gasteiger partial charge in [0.05, 0.1) is 5.56 Å². The van der Waals surface area contributed by atoms with Crippen molar-refractivity contribution in [3.05, 3.63) is 35.4 Å². The fourth-order valence-electron chi connectivity index (χ4n) is 3.43. The van der Waals surface area contributed by atoms with Gasteiger partial charge in [-0.25, -0.2) is 8.78 Å². The number of ketones is 1. The maximum Gasteiger partial charge on any atom is 0.166 e. The average molecular weight is 265 g/mol. The molecule has 2 aliphatic rings. The van der Waals surface area contributed by atoms with Crippen LogP contribution < -0.4 is 5.32 Å². The summed E-state index contributed by atoms with van der Waals surface area (Å²) in [6.07, 6.45) is 4.72. The second-order valence-electron chi connectivity index (χ2n) is 5.73. The van der Waals surface area contributed by atoms with Gasteiger partial charge in [0.25, 0.3) is 0 Å². The van der Waals surface area contributed by atoms with Crippen molar-refractivity contribution >= 4 is 5.78 Å². The predicted octanol–water partition coefficient (Wildman–Crippen LogP) is 3.07. The number of Topliss-reactive ketones (excluding diaryl/α,β-unsaturated/α-hetero) is 1. The molecule has 2 saturated heterocycles. The lowest BCUT2D eigenvalue weighted by Gasteiger charge is -2.28. The first-order valence-electron chi connectivity index (χ1n) is 6.86. The second kappa shape index (κ2) is 5.00. The maximum absolute atomic E-state index is 13.5. The van der Waals surface area contributed by atoms with Gasteiger partial charge < -0.3 is 5.32 Å². The smallest absolute Gasteiger partial charge is 0.166 e. The number of hydrogen-bond acceptors (Lipinski definition) is 2. The highest BCUT2D eigenvalue weighted by Crippen LogP contribution is 2.33. The number of piperidine rings is 1. The Bertz CT molecular complexity index is 491. The third-order valence-electron chi connectivity index (χ3n) is 4.28. The van der Waals surface area contributed by atoms with E-state index in [4.69, 9.17) is 0 Å². The number of carbonyl (C=O) groups is 1. The van der Waals surface area contributed by atoms with Crippen molar-refractivity contribution in [3.63, 3.8) is 0 Å². The summed E-state index contributed by atoms with van der Waals surface area (Å²) in [6, 6.07) is 4.22. The van der Waals surface area contributed by atoms with Crippen LogP contribution in [0.2, 0.25) is 0 Å². The van der Waals surface area contributed by atoms with Gasteiger partial charge in [-0.2, -0.15) is 0 Å². The minimum absolute atomic E-state index is 0.0206. The van der Waals surface area contributed by atoms with E-state index in [1.54, 1.807) is 0 Å². The van der Waals surface area contributed by atoms with Crippen LogP contribution in [0.5, 0.6) is 0 Å². The summed E-state index contributed by atoms with van der Waals surface area (Å²) in [5, 5.41) is 3.52. The number of halogens is 2. The summed E-state index contributed by atoms with van der Waals surface area (Å²) >= 11 is 0. The van der Waals surface area contributed by atoms with Crippen LogP contribution in [0, 0.1) is 17.6 Å². The zero-order valence-electron chi connectivity index (χ0n) is 10.7. The zero-order valence-corrected chi connectivity index (χ0v) is 10.7. The van der Waals surface area contributed by atoms with E-state index in [1.807, 2.05) is 0 Å². The number of nitrogens with one attached hydrogen (secondary N) is 1. The molecule has 0 amide bonds. The van der Waals surface area contributed by atoms with Gasteiger partial charge in [0.1, 0.15) is 11.6 Å². The Balaban J connectivity index is 1.68. The summed E-state index contributed by atoms with van der Waals surface area (Å²) in [4.78, 5) is 12.1. The van der Waals surface area contributed by atoms with Crippen LogP contribution in [0.1, 0.15) is 42.5 Å². The number of hydrogen-bond donors (Lipinski definition) is 1. The van der Waals surface area contributed by atoms with E-state index >= 15 is 0 Å². The van der Waals surface area contributed by atoms with Gasteiger partial charge in [-0.3, -0.25) is 4.79 Å². The Morgan fingerprint density at radius 3 is 2.53 bits per heavy atom. The molecule has 2 bridgehead atoms. The average Bonchev–Trinajstić information content (AvgIpc) is 2.68. The highest BCUT2D eigenvalue weighted by atomic mass is 19.1. The van der Waals surface area contributed by atoms with Crippen LogP contribution in [0.25, 0.3) is 0 Å². The Morgan fingerprint density at radius 1 is 1.21 bits per heavy atom. The van der Waals surface area contributed by atoms with Crippen molar-refractivity contribution in [1.29, 1.82) is 0 Å². The zero-order chi connectivity index (χ0) is 13.4. The Hall–Kier alpha value is -1.29. The van der Waals surface area contributed by atoms with Crippen LogP contribution in [0.15, 0.2) is 18.2 Å². The number of fused-ring (bicyclic) bond motifs is 2. The summed E-state index contributed by atoms with van der Waals surface area (Å²) in [5.74, 6) is -1.27. The lowest BCUT2D eigenvalue weighted by molar-refractivity contribution is 0.0941. The molecule has 2 fully saturated rings. The Morgan fingerprint density at radius 2 is 1.89 bits per heavy atom. The lowest BCUT2D eigenvalue weighted by Crippen LogP contribution is -2.38. The molecule has 0 aliphatic carbocycles. The molecule has 2 unspecified atom stereocenters. The highest BCUT2D eigenvalue weighted by Gasteiger charge is 2.34. The third kappa shape index (κ3) is 2.68. The molecule has 0 spiro atoms. The van der Waals surface area contributed by atoms with Crippen molar-refractivity contribution in [2.75, 3.05) is 0 Å². The van der Waals surface area contributed by atoms with Crippen molar-refractivity contribution in [1.82, 2.24) is 5.32 Å². The number of carbonyl (C=O) groups excluding carboxylic acids is 1. The van der Waals surface area contributed by atoms with Gasteiger partial charge in [0, 0.05) is 24.6 Å². The van der Waals surface area contributed by atoms with E-state index in [0.29, 0.717) is 24.4 Å². The molecule has 0 radical (unpaired) electrons. The van der Waals surface area contributed by atoms with E-state index in [-0.39, 0.29) is 11.3 Å². The quantitative estimate of drug-likeness (QED) is 0.851. The molecule has 0 saturated carbocycles. The largest absolute Gasteiger partial charge is 0.311 e. The maximum atomic E-state index is 13.5. The van der Waals surface area contributed by atoms with E-state index in [1.165, 1.54) is 18.9 Å². The molecule has 2 heterocycles. The van der Waals surface area contributed by atoms with Crippen molar-refractivity contribution in [2.45, 2.75) is 44.2 Å². The van der Waals surface area contributed by atoms with Crippen molar-refractivity contribution in [3.8, 4) is 0 Å². The lowest BCUT2D eigenvalue weighted by atomic mass is 9.87. The normalized spacial score (nSPS) is 29.5. The van der Waals surface area contributed by atoms with Gasteiger partial charge in [-0.15, -0.1) is 0 Å². The molecular formula is C15H17F2NO. The molecule has 19 heavy (non-hydrogen) atoms. The monoisotopic (exact) mass is 265 g/mol. The van der Waals surface area contributed by atoms with Gasteiger partial charge in [0.2, 0.25) is 0 Å². The first-order chi connectivity index (χ1) is 9.11. The molecule has 102 valence electrons. The van der Waals surface area contributed by atoms with Crippen LogP contribution >= 0.6 is 0 Å². The third-order valence-corrected chi connectivity index (χ3v) is 4.28. The molecule has 1 aromatic rings. The van der Waals surface area contributed by atoms with Crippen molar-refractivity contribution in [2.24, 2.45) is 5.92 Å². The summed E-state index contributed by atoms with van der Waals surface area (Å²) in [5.41, 5.74) is 0.0206. The minimum Gasteiger partial charge on any atom is -0.311 e. The van der Waals surface area contributed by atoms with E-state index in [2.05, 4.69) is 5.32 Å². The standard InChI is InChI=1S/C15H17F2NO/c16-10-1-4-13(14(17)8-10)15(19)7-9-5-11-2-3-12(6-9)18-11/h1,4,8-9,11-12,18H,2-3,5-7H2. The SMILES string of the molecule is O=C(CC1CC2CCC(C1)N2)c1ccc(F)cc1F. The number of benzene rings is 1. The fraction of sp³-hybridized carbons (Fsp3) is 0.533. The van der Waals surface area contributed by atoms with Crippen LogP contribution in [0.3, 0.4) is 0 Å².